The number of nitrogens with zero attached hydrogens (tertiary/aromatic N) is 2. The quantitative estimate of drug-likeness (QED) is 0.474. The van der Waals surface area contributed by atoms with Crippen LogP contribution >= 0.6 is 11.3 Å². The molecule has 24 heavy (non-hydrogen) atoms. The summed E-state index contributed by atoms with van der Waals surface area (Å²) in [7, 11) is 0. The highest BCUT2D eigenvalue weighted by atomic mass is 32.1. The number of fused-ring (bicyclic) bond motifs is 1. The van der Waals surface area contributed by atoms with Crippen LogP contribution in [0.25, 0.3) is 10.2 Å². The molecule has 4 N–H and O–H groups in total. The summed E-state index contributed by atoms with van der Waals surface area (Å²) in [4.78, 5) is 40.3. The molecule has 1 amide bonds. The van der Waals surface area contributed by atoms with Gasteiger partial charge >= 0.3 is 5.69 Å². The van der Waals surface area contributed by atoms with E-state index in [0.29, 0.717) is 40.2 Å². The molecule has 0 aliphatic carbocycles. The number of H-pyrrole nitrogens is 1. The number of piperidine rings is 1. The molecule has 1 saturated heterocycles. The highest BCUT2D eigenvalue weighted by Gasteiger charge is 2.28. The normalized spacial score (nSPS) is 18.0. The third kappa shape index (κ3) is 2.64. The van der Waals surface area contributed by atoms with E-state index in [0.717, 1.165) is 10.8 Å². The van der Waals surface area contributed by atoms with Gasteiger partial charge in [-0.05, 0) is 19.8 Å². The lowest BCUT2D eigenvalue weighted by molar-refractivity contribution is -0.126. The number of amides is 1. The highest BCUT2D eigenvalue weighted by Crippen LogP contribution is 2.31. The van der Waals surface area contributed by atoms with Crippen molar-refractivity contribution in [2.75, 3.05) is 12.0 Å². The zero-order chi connectivity index (χ0) is 17.3. The molecule has 2 aromatic heterocycles. The zero-order valence-electron chi connectivity index (χ0n) is 12.9. The number of hydrogen-bond acceptors (Lipinski definition) is 7. The Morgan fingerprint density at radius 1 is 1.42 bits per heavy atom. The van der Waals surface area contributed by atoms with Gasteiger partial charge in [0.15, 0.2) is 0 Å². The number of aromatic amines is 1. The smallest absolute Gasteiger partial charge is 0.330 e. The first-order chi connectivity index (χ1) is 11.5. The van der Waals surface area contributed by atoms with Crippen LogP contribution in [0, 0.1) is 12.3 Å². The second-order valence-electron chi connectivity index (χ2n) is 5.37. The van der Waals surface area contributed by atoms with Gasteiger partial charge in [0.1, 0.15) is 15.9 Å². The third-order valence-corrected chi connectivity index (χ3v) is 5.01. The van der Waals surface area contributed by atoms with Crippen LogP contribution < -0.4 is 22.0 Å². The first-order valence-corrected chi connectivity index (χ1v) is 8.20. The topological polar surface area (TPSA) is 132 Å². The summed E-state index contributed by atoms with van der Waals surface area (Å²) in [6.45, 7) is 2.30. The fraction of sp³-hybridized carbons (Fsp3) is 0.357. The van der Waals surface area contributed by atoms with Gasteiger partial charge in [-0.25, -0.2) is 9.36 Å². The molecule has 1 aliphatic rings. The third-order valence-electron chi connectivity index (χ3n) is 3.90. The van der Waals surface area contributed by atoms with E-state index in [1.54, 1.807) is 6.92 Å². The summed E-state index contributed by atoms with van der Waals surface area (Å²) < 4.78 is 1.00. The van der Waals surface area contributed by atoms with E-state index in [4.69, 9.17) is 5.41 Å². The minimum atomic E-state index is -0.786. The van der Waals surface area contributed by atoms with Crippen molar-refractivity contribution in [1.82, 2.24) is 14.9 Å². The Morgan fingerprint density at radius 3 is 2.92 bits per heavy atom. The van der Waals surface area contributed by atoms with Crippen LogP contribution in [0.4, 0.5) is 5.00 Å². The molecule has 1 unspecified atom stereocenters. The Balaban J connectivity index is 2.16. The molecule has 3 heterocycles. The van der Waals surface area contributed by atoms with Gasteiger partial charge in [0, 0.05) is 18.3 Å². The van der Waals surface area contributed by atoms with Gasteiger partial charge in [-0.15, -0.1) is 0 Å². The van der Waals surface area contributed by atoms with Gasteiger partial charge in [-0.1, -0.05) is 11.3 Å². The van der Waals surface area contributed by atoms with E-state index in [-0.39, 0.29) is 5.91 Å². The van der Waals surface area contributed by atoms with Crippen LogP contribution in [-0.4, -0.2) is 34.4 Å². The zero-order valence-corrected chi connectivity index (χ0v) is 13.7. The molecule has 1 fully saturated rings. The van der Waals surface area contributed by atoms with Gasteiger partial charge in [-0.2, -0.15) is 5.10 Å². The van der Waals surface area contributed by atoms with E-state index in [2.05, 4.69) is 20.8 Å². The molecule has 0 radical (unpaired) electrons. The van der Waals surface area contributed by atoms with E-state index < -0.39 is 17.3 Å². The average molecular weight is 348 g/mol. The van der Waals surface area contributed by atoms with E-state index in [1.165, 1.54) is 17.6 Å². The maximum absolute atomic E-state index is 12.8. The second-order valence-corrected chi connectivity index (χ2v) is 6.39. The SMILES string of the molecule is Cc1c(N/N=C\C=N)sc2[nH]c(=O)n(C3CCCNC3=O)c(=O)c12. The number of carbonyl (C=O) groups is 1. The number of nitrogens with one attached hydrogen (secondary N) is 4. The summed E-state index contributed by atoms with van der Waals surface area (Å²) in [5.41, 5.74) is 2.32. The maximum atomic E-state index is 12.8. The Hall–Kier alpha value is -2.75. The summed E-state index contributed by atoms with van der Waals surface area (Å²) in [5, 5.41) is 14.4. The van der Waals surface area contributed by atoms with E-state index in [1.807, 2.05) is 0 Å². The fourth-order valence-corrected chi connectivity index (χ4v) is 3.79. The lowest BCUT2D eigenvalue weighted by Gasteiger charge is -2.22. The number of aromatic nitrogens is 2. The molecule has 3 rings (SSSR count). The largest absolute Gasteiger partial charge is 0.354 e. The van der Waals surface area contributed by atoms with Gasteiger partial charge in [-0.3, -0.25) is 20.0 Å². The monoisotopic (exact) mass is 348 g/mol. The Labute approximate surface area is 139 Å². The molecule has 2 aromatic rings. The van der Waals surface area contributed by atoms with Gasteiger partial charge in [0.2, 0.25) is 5.91 Å². The summed E-state index contributed by atoms with van der Waals surface area (Å²) >= 11 is 1.19. The molecule has 0 saturated carbocycles. The average Bonchev–Trinajstić information content (AvgIpc) is 2.85. The molecule has 0 spiro atoms. The first-order valence-electron chi connectivity index (χ1n) is 7.38. The number of hydrazone groups is 1. The molecule has 1 aliphatic heterocycles. The van der Waals surface area contributed by atoms with Crippen LogP contribution in [0.5, 0.6) is 0 Å². The lowest BCUT2D eigenvalue weighted by Crippen LogP contribution is -2.47. The standard InChI is InChI=1S/C14H16N6O3S/c1-7-9-12(24-11(7)19-17-6-4-15)18-14(23)20(13(9)22)8-3-2-5-16-10(8)21/h4,6,8,15,19H,2-3,5H2,1H3,(H,16,21)(H,18,23)/b15-4?,17-6-. The minimum absolute atomic E-state index is 0.310. The van der Waals surface area contributed by atoms with Crippen molar-refractivity contribution in [3.05, 3.63) is 26.4 Å². The summed E-state index contributed by atoms with van der Waals surface area (Å²) in [6.07, 6.45) is 3.45. The van der Waals surface area contributed by atoms with Crippen LogP contribution in [0.2, 0.25) is 0 Å². The predicted octanol–water partition coefficient (Wildman–Crippen LogP) is 0.558. The molecule has 0 bridgehead atoms. The number of anilines is 1. The molecule has 0 aromatic carbocycles. The van der Waals surface area contributed by atoms with E-state index in [9.17, 15) is 14.4 Å². The van der Waals surface area contributed by atoms with Crippen molar-refractivity contribution >= 4 is 44.9 Å². The Kier molecular flexibility index (Phi) is 4.30. The van der Waals surface area contributed by atoms with Crippen molar-refractivity contribution < 1.29 is 4.79 Å². The van der Waals surface area contributed by atoms with E-state index >= 15 is 0 Å². The molecule has 126 valence electrons. The first kappa shape index (κ1) is 16.1. The molecule has 10 heteroatoms. The number of hydrogen-bond donors (Lipinski definition) is 4. The minimum Gasteiger partial charge on any atom is -0.354 e. The number of carbonyl (C=O) groups excluding carboxylic acids is 1. The Bertz CT molecular complexity index is 954. The molecular formula is C14H16N6O3S. The Morgan fingerprint density at radius 2 is 2.21 bits per heavy atom. The number of aryl methyl sites for hydroxylation is 1. The predicted molar refractivity (Wildman–Crippen MR) is 93.6 cm³/mol. The fourth-order valence-electron chi connectivity index (χ4n) is 2.75. The van der Waals surface area contributed by atoms with Crippen molar-refractivity contribution in [2.24, 2.45) is 5.10 Å². The summed E-state index contributed by atoms with van der Waals surface area (Å²) in [5.74, 6) is -0.310. The van der Waals surface area contributed by atoms with Crippen LogP contribution in [0.3, 0.4) is 0 Å². The van der Waals surface area contributed by atoms with Crippen molar-refractivity contribution in [3.8, 4) is 0 Å². The van der Waals surface area contributed by atoms with Gasteiger partial charge in [0.05, 0.1) is 11.6 Å². The second kappa shape index (κ2) is 6.40. The summed E-state index contributed by atoms with van der Waals surface area (Å²) in [6, 6.07) is -0.786. The highest BCUT2D eigenvalue weighted by molar-refractivity contribution is 7.22. The molecule has 1 atom stereocenters. The van der Waals surface area contributed by atoms with Crippen LogP contribution in [-0.2, 0) is 4.79 Å². The van der Waals surface area contributed by atoms with Crippen LogP contribution in [0.1, 0.15) is 24.4 Å². The lowest BCUT2D eigenvalue weighted by atomic mass is 10.1. The van der Waals surface area contributed by atoms with Crippen molar-refractivity contribution in [3.63, 3.8) is 0 Å². The van der Waals surface area contributed by atoms with Crippen molar-refractivity contribution in [2.45, 2.75) is 25.8 Å². The molecular weight excluding hydrogens is 332 g/mol. The molecule has 9 nitrogen and oxygen atoms in total. The number of thiophene rings is 1. The van der Waals surface area contributed by atoms with Crippen molar-refractivity contribution in [1.29, 1.82) is 5.41 Å². The van der Waals surface area contributed by atoms with Crippen LogP contribution in [0.15, 0.2) is 14.7 Å². The van der Waals surface area contributed by atoms with Gasteiger partial charge in [0.25, 0.3) is 5.56 Å². The maximum Gasteiger partial charge on any atom is 0.330 e. The van der Waals surface area contributed by atoms with Gasteiger partial charge < -0.3 is 10.7 Å². The number of rotatable bonds is 4.